The predicted molar refractivity (Wildman–Crippen MR) is 67.7 cm³/mol. The quantitative estimate of drug-likeness (QED) is 0.427. The number of urea groups is 1. The van der Waals surface area contributed by atoms with Crippen LogP contribution >= 0.6 is 0 Å². The van der Waals surface area contributed by atoms with Gasteiger partial charge in [0.1, 0.15) is 0 Å². The summed E-state index contributed by atoms with van der Waals surface area (Å²) in [6.45, 7) is 5.17. The van der Waals surface area contributed by atoms with Crippen molar-refractivity contribution in [1.29, 1.82) is 0 Å². The maximum atomic E-state index is 11.3. The van der Waals surface area contributed by atoms with Crippen molar-refractivity contribution >= 4 is 11.7 Å². The number of amides is 2. The Morgan fingerprint density at radius 2 is 1.76 bits per heavy atom. The van der Waals surface area contributed by atoms with E-state index in [0.717, 1.165) is 13.1 Å². The molecule has 0 radical (unpaired) electrons. The molecule has 0 bridgehead atoms. The monoisotopic (exact) mass is 234 g/mol. The molecule has 1 fully saturated rings. The number of piperazine rings is 1. The van der Waals surface area contributed by atoms with Gasteiger partial charge in [-0.15, -0.1) is 0 Å². The maximum absolute atomic E-state index is 11.3. The number of hydrogen-bond acceptors (Lipinski definition) is 3. The zero-order valence-electron chi connectivity index (χ0n) is 10.0. The average Bonchev–Trinajstić information content (AvgIpc) is 2.39. The largest absolute Gasteiger partial charge is 0.368 e. The van der Waals surface area contributed by atoms with Gasteiger partial charge in [-0.3, -0.25) is 5.43 Å². The summed E-state index contributed by atoms with van der Waals surface area (Å²) in [6, 6.07) is 8.25. The van der Waals surface area contributed by atoms with Crippen LogP contribution in [0, 0.1) is 6.92 Å². The Balaban J connectivity index is 1.95. The lowest BCUT2D eigenvalue weighted by Gasteiger charge is -2.35. The Morgan fingerprint density at radius 3 is 2.29 bits per heavy atom. The third kappa shape index (κ3) is 2.68. The lowest BCUT2D eigenvalue weighted by molar-refractivity contribution is 0.194. The van der Waals surface area contributed by atoms with Crippen LogP contribution in [0.4, 0.5) is 10.5 Å². The number of hydrazine groups is 1. The van der Waals surface area contributed by atoms with E-state index in [0.29, 0.717) is 13.1 Å². The first-order valence-corrected chi connectivity index (χ1v) is 5.78. The van der Waals surface area contributed by atoms with Crippen molar-refractivity contribution in [1.82, 2.24) is 10.3 Å². The Morgan fingerprint density at radius 1 is 1.18 bits per heavy atom. The number of carbonyl (C=O) groups excluding carboxylic acids is 1. The number of hydrogen-bond donors (Lipinski definition) is 2. The van der Waals surface area contributed by atoms with Crippen LogP contribution in [0.5, 0.6) is 0 Å². The van der Waals surface area contributed by atoms with Crippen LogP contribution in [0.25, 0.3) is 0 Å². The zero-order chi connectivity index (χ0) is 12.3. The second-order valence-electron chi connectivity index (χ2n) is 4.26. The van der Waals surface area contributed by atoms with Crippen LogP contribution in [0.3, 0.4) is 0 Å². The molecule has 17 heavy (non-hydrogen) atoms. The van der Waals surface area contributed by atoms with Crippen molar-refractivity contribution in [2.75, 3.05) is 31.1 Å². The molecule has 0 aliphatic carbocycles. The van der Waals surface area contributed by atoms with Crippen LogP contribution in [0.2, 0.25) is 0 Å². The van der Waals surface area contributed by atoms with E-state index < -0.39 is 0 Å². The minimum atomic E-state index is -0.200. The van der Waals surface area contributed by atoms with Crippen molar-refractivity contribution in [3.05, 3.63) is 29.8 Å². The van der Waals surface area contributed by atoms with Gasteiger partial charge in [-0.1, -0.05) is 17.7 Å². The van der Waals surface area contributed by atoms with Crippen LogP contribution in [-0.4, -0.2) is 37.1 Å². The van der Waals surface area contributed by atoms with Gasteiger partial charge < -0.3 is 9.80 Å². The van der Waals surface area contributed by atoms with Gasteiger partial charge in [0.15, 0.2) is 0 Å². The summed E-state index contributed by atoms with van der Waals surface area (Å²) in [5.41, 5.74) is 4.64. The molecule has 0 saturated carbocycles. The Hall–Kier alpha value is -1.75. The van der Waals surface area contributed by atoms with E-state index in [1.165, 1.54) is 11.3 Å². The van der Waals surface area contributed by atoms with E-state index in [9.17, 15) is 4.79 Å². The summed E-state index contributed by atoms with van der Waals surface area (Å²) in [7, 11) is 0. The maximum Gasteiger partial charge on any atom is 0.331 e. The van der Waals surface area contributed by atoms with Crippen LogP contribution in [-0.2, 0) is 0 Å². The molecule has 1 aromatic rings. The first kappa shape index (κ1) is 11.7. The fraction of sp³-hybridized carbons (Fsp3) is 0.417. The summed E-state index contributed by atoms with van der Waals surface area (Å²) in [5, 5.41) is 0. The summed E-state index contributed by atoms with van der Waals surface area (Å²) in [5.74, 6) is 5.11. The van der Waals surface area contributed by atoms with Crippen LogP contribution in [0.1, 0.15) is 5.56 Å². The van der Waals surface area contributed by atoms with Gasteiger partial charge in [0.2, 0.25) is 0 Å². The lowest BCUT2D eigenvalue weighted by atomic mass is 10.2. The van der Waals surface area contributed by atoms with Gasteiger partial charge >= 0.3 is 6.03 Å². The highest BCUT2D eigenvalue weighted by Gasteiger charge is 2.20. The van der Waals surface area contributed by atoms with Gasteiger partial charge in [0.05, 0.1) is 0 Å². The molecule has 2 rings (SSSR count). The van der Waals surface area contributed by atoms with Gasteiger partial charge in [-0.05, 0) is 19.1 Å². The SMILES string of the molecule is Cc1ccc(N2CCN(C(=O)NN)CC2)cc1. The summed E-state index contributed by atoms with van der Waals surface area (Å²) in [6.07, 6.45) is 0. The molecule has 1 saturated heterocycles. The third-order valence-corrected chi connectivity index (χ3v) is 3.09. The molecule has 92 valence electrons. The highest BCUT2D eigenvalue weighted by molar-refractivity contribution is 5.73. The number of benzene rings is 1. The first-order chi connectivity index (χ1) is 8.20. The van der Waals surface area contributed by atoms with Gasteiger partial charge in [-0.25, -0.2) is 10.6 Å². The van der Waals surface area contributed by atoms with Crippen molar-refractivity contribution in [3.8, 4) is 0 Å². The molecule has 5 nitrogen and oxygen atoms in total. The van der Waals surface area contributed by atoms with Crippen LogP contribution in [0.15, 0.2) is 24.3 Å². The summed E-state index contributed by atoms with van der Waals surface area (Å²) >= 11 is 0. The number of anilines is 1. The summed E-state index contributed by atoms with van der Waals surface area (Å²) in [4.78, 5) is 15.3. The standard InChI is InChI=1S/C12H18N4O/c1-10-2-4-11(5-3-10)15-6-8-16(9-7-15)12(17)14-13/h2-5H,6-9,13H2,1H3,(H,14,17). The molecular formula is C12H18N4O. The third-order valence-electron chi connectivity index (χ3n) is 3.09. The second-order valence-corrected chi connectivity index (χ2v) is 4.26. The van der Waals surface area contributed by atoms with Crippen molar-refractivity contribution in [3.63, 3.8) is 0 Å². The topological polar surface area (TPSA) is 61.6 Å². The molecule has 0 atom stereocenters. The van der Waals surface area contributed by atoms with Gasteiger partial charge in [-0.2, -0.15) is 0 Å². The molecule has 1 aliphatic heterocycles. The zero-order valence-corrected chi connectivity index (χ0v) is 10.0. The minimum Gasteiger partial charge on any atom is -0.368 e. The fourth-order valence-electron chi connectivity index (χ4n) is 2.01. The highest BCUT2D eigenvalue weighted by Crippen LogP contribution is 2.16. The van der Waals surface area contributed by atoms with Gasteiger partial charge in [0.25, 0.3) is 0 Å². The Kier molecular flexibility index (Phi) is 3.49. The molecular weight excluding hydrogens is 216 g/mol. The highest BCUT2D eigenvalue weighted by atomic mass is 16.2. The normalized spacial score (nSPS) is 15.9. The van der Waals surface area contributed by atoms with E-state index in [1.807, 2.05) is 0 Å². The van der Waals surface area contributed by atoms with E-state index >= 15 is 0 Å². The molecule has 0 aromatic heterocycles. The Bertz CT molecular complexity index is 382. The smallest absolute Gasteiger partial charge is 0.331 e. The lowest BCUT2D eigenvalue weighted by Crippen LogP contribution is -2.53. The fourth-order valence-corrected chi connectivity index (χ4v) is 2.01. The molecule has 0 unspecified atom stereocenters. The number of rotatable bonds is 1. The molecule has 1 aromatic carbocycles. The summed E-state index contributed by atoms with van der Waals surface area (Å²) < 4.78 is 0. The van der Waals surface area contributed by atoms with E-state index in [2.05, 4.69) is 41.5 Å². The average molecular weight is 234 g/mol. The molecule has 5 heteroatoms. The van der Waals surface area contributed by atoms with E-state index in [1.54, 1.807) is 4.90 Å². The minimum absolute atomic E-state index is 0.200. The van der Waals surface area contributed by atoms with Gasteiger partial charge in [0, 0.05) is 31.9 Å². The van der Waals surface area contributed by atoms with Crippen LogP contribution < -0.4 is 16.2 Å². The van der Waals surface area contributed by atoms with E-state index in [4.69, 9.17) is 5.84 Å². The molecule has 3 N–H and O–H groups in total. The second kappa shape index (κ2) is 5.05. The van der Waals surface area contributed by atoms with E-state index in [-0.39, 0.29) is 6.03 Å². The van der Waals surface area contributed by atoms with Crippen molar-refractivity contribution in [2.45, 2.75) is 6.92 Å². The van der Waals surface area contributed by atoms with Crippen molar-refractivity contribution < 1.29 is 4.79 Å². The number of nitrogens with zero attached hydrogens (tertiary/aromatic N) is 2. The molecule has 2 amide bonds. The number of nitrogens with one attached hydrogen (secondary N) is 1. The first-order valence-electron chi connectivity index (χ1n) is 5.78. The molecule has 1 aliphatic rings. The molecule has 0 spiro atoms. The Labute approximate surface area is 101 Å². The predicted octanol–water partition coefficient (Wildman–Crippen LogP) is 0.700. The van der Waals surface area contributed by atoms with Crippen molar-refractivity contribution in [2.24, 2.45) is 5.84 Å². The number of carbonyl (C=O) groups is 1. The number of aryl methyl sites for hydroxylation is 1. The molecule has 1 heterocycles. The number of nitrogens with two attached hydrogens (primary N) is 1.